The van der Waals surface area contributed by atoms with Crippen LogP contribution in [-0.4, -0.2) is 32.3 Å². The predicted octanol–water partition coefficient (Wildman–Crippen LogP) is 4.33. The van der Waals surface area contributed by atoms with E-state index < -0.39 is 0 Å². The predicted molar refractivity (Wildman–Crippen MR) is 123 cm³/mol. The number of amides is 2. The van der Waals surface area contributed by atoms with E-state index in [2.05, 4.69) is 20.8 Å². The van der Waals surface area contributed by atoms with Gasteiger partial charge in [-0.05, 0) is 30.2 Å². The van der Waals surface area contributed by atoms with Gasteiger partial charge in [0.15, 0.2) is 11.0 Å². The smallest absolute Gasteiger partial charge is 0.253 e. The summed E-state index contributed by atoms with van der Waals surface area (Å²) in [5, 5.41) is 15.3. The van der Waals surface area contributed by atoms with E-state index in [0.29, 0.717) is 21.6 Å². The number of hydrogen-bond acceptors (Lipinski definition) is 5. The minimum atomic E-state index is -0.367. The molecule has 3 aromatic rings. The summed E-state index contributed by atoms with van der Waals surface area (Å²) in [4.78, 5) is 25.0. The maximum Gasteiger partial charge on any atom is 0.253 e. The van der Waals surface area contributed by atoms with Crippen LogP contribution in [0.15, 0.2) is 59.8 Å². The Morgan fingerprint density at radius 2 is 1.74 bits per heavy atom. The van der Waals surface area contributed by atoms with E-state index in [4.69, 9.17) is 11.6 Å². The van der Waals surface area contributed by atoms with Crippen LogP contribution in [0.1, 0.15) is 36.1 Å². The van der Waals surface area contributed by atoms with E-state index in [0.717, 1.165) is 5.69 Å². The maximum absolute atomic E-state index is 12.7. The van der Waals surface area contributed by atoms with Gasteiger partial charge in [0.25, 0.3) is 5.91 Å². The average Bonchev–Trinajstić information content (AvgIpc) is 3.11. The van der Waals surface area contributed by atoms with Crippen molar-refractivity contribution in [2.75, 3.05) is 11.1 Å². The Bertz CT molecular complexity index is 1060. The Morgan fingerprint density at radius 1 is 1.06 bits per heavy atom. The molecule has 3 rings (SSSR count). The maximum atomic E-state index is 12.7. The molecule has 2 aromatic carbocycles. The Balaban J connectivity index is 1.68. The zero-order chi connectivity index (χ0) is 22.4. The molecule has 0 fully saturated rings. The number of halogens is 1. The number of para-hydroxylation sites is 1. The van der Waals surface area contributed by atoms with E-state index in [1.165, 1.54) is 11.8 Å². The Morgan fingerprint density at radius 3 is 2.42 bits per heavy atom. The third-order valence-corrected chi connectivity index (χ3v) is 5.96. The Kier molecular flexibility index (Phi) is 7.70. The van der Waals surface area contributed by atoms with Crippen LogP contribution < -0.4 is 10.6 Å². The van der Waals surface area contributed by atoms with Gasteiger partial charge in [0, 0.05) is 12.7 Å². The molecule has 1 atom stereocenters. The van der Waals surface area contributed by atoms with Gasteiger partial charge in [-0.25, -0.2) is 0 Å². The van der Waals surface area contributed by atoms with Crippen LogP contribution in [0.2, 0.25) is 5.02 Å². The summed E-state index contributed by atoms with van der Waals surface area (Å²) in [5.74, 6) is 0.464. The number of benzene rings is 2. The zero-order valence-corrected chi connectivity index (χ0v) is 19.1. The molecule has 0 aliphatic carbocycles. The van der Waals surface area contributed by atoms with Crippen molar-refractivity contribution in [1.82, 2.24) is 20.1 Å². The molecule has 2 N–H and O–H groups in total. The molecule has 0 saturated heterocycles. The quantitative estimate of drug-likeness (QED) is 0.491. The van der Waals surface area contributed by atoms with Gasteiger partial charge in [0.2, 0.25) is 5.91 Å². The SMILES string of the molecule is CC(C)[C@@H](NC(=O)c1ccccc1Cl)c1nnc(SCC(=O)Nc2ccccc2)n1C. The van der Waals surface area contributed by atoms with Crippen molar-refractivity contribution in [2.24, 2.45) is 13.0 Å². The van der Waals surface area contributed by atoms with Gasteiger partial charge in [0.1, 0.15) is 0 Å². The minimum Gasteiger partial charge on any atom is -0.342 e. The van der Waals surface area contributed by atoms with Gasteiger partial charge in [-0.3, -0.25) is 9.59 Å². The first-order valence-electron chi connectivity index (χ1n) is 9.79. The van der Waals surface area contributed by atoms with E-state index in [-0.39, 0.29) is 29.5 Å². The van der Waals surface area contributed by atoms with Crippen molar-refractivity contribution in [3.05, 3.63) is 71.0 Å². The summed E-state index contributed by atoms with van der Waals surface area (Å²) < 4.78 is 1.80. The third kappa shape index (κ3) is 5.86. The highest BCUT2D eigenvalue weighted by molar-refractivity contribution is 7.99. The van der Waals surface area contributed by atoms with Crippen molar-refractivity contribution in [2.45, 2.75) is 25.0 Å². The number of nitrogens with zero attached hydrogens (tertiary/aromatic N) is 3. The van der Waals surface area contributed by atoms with Gasteiger partial charge in [-0.2, -0.15) is 0 Å². The number of rotatable bonds is 8. The first-order chi connectivity index (χ1) is 14.9. The lowest BCUT2D eigenvalue weighted by Gasteiger charge is -2.22. The highest BCUT2D eigenvalue weighted by Crippen LogP contribution is 2.25. The fraction of sp³-hybridized carbons (Fsp3) is 0.273. The summed E-state index contributed by atoms with van der Waals surface area (Å²) in [7, 11) is 1.82. The lowest BCUT2D eigenvalue weighted by Crippen LogP contribution is -2.33. The van der Waals surface area contributed by atoms with E-state index in [1.54, 1.807) is 28.8 Å². The number of nitrogens with one attached hydrogen (secondary N) is 2. The van der Waals surface area contributed by atoms with E-state index in [9.17, 15) is 9.59 Å². The summed E-state index contributed by atoms with van der Waals surface area (Å²) >= 11 is 7.44. The van der Waals surface area contributed by atoms with Gasteiger partial charge >= 0.3 is 0 Å². The van der Waals surface area contributed by atoms with Crippen molar-refractivity contribution in [1.29, 1.82) is 0 Å². The number of carbonyl (C=O) groups is 2. The number of anilines is 1. The first kappa shape index (κ1) is 22.8. The Hall–Kier alpha value is -2.84. The van der Waals surface area contributed by atoms with Gasteiger partial charge < -0.3 is 15.2 Å². The molecule has 1 aromatic heterocycles. The van der Waals surface area contributed by atoms with Crippen LogP contribution in [-0.2, 0) is 11.8 Å². The molecule has 2 amide bonds. The molecule has 162 valence electrons. The van der Waals surface area contributed by atoms with E-state index in [1.807, 2.05) is 51.2 Å². The molecule has 0 unspecified atom stereocenters. The molecule has 0 aliphatic rings. The highest BCUT2D eigenvalue weighted by Gasteiger charge is 2.26. The molecule has 1 heterocycles. The van der Waals surface area contributed by atoms with Crippen LogP contribution in [0.5, 0.6) is 0 Å². The highest BCUT2D eigenvalue weighted by atomic mass is 35.5. The van der Waals surface area contributed by atoms with Crippen LogP contribution in [0.4, 0.5) is 5.69 Å². The summed E-state index contributed by atoms with van der Waals surface area (Å²) in [6.07, 6.45) is 0. The zero-order valence-electron chi connectivity index (χ0n) is 17.5. The third-order valence-electron chi connectivity index (χ3n) is 4.61. The van der Waals surface area contributed by atoms with Gasteiger partial charge in [0.05, 0.1) is 22.4 Å². The number of aromatic nitrogens is 3. The fourth-order valence-electron chi connectivity index (χ4n) is 2.97. The van der Waals surface area contributed by atoms with Crippen molar-refractivity contribution < 1.29 is 9.59 Å². The van der Waals surface area contributed by atoms with Crippen molar-refractivity contribution >= 4 is 40.9 Å². The lowest BCUT2D eigenvalue weighted by atomic mass is 10.0. The summed E-state index contributed by atoms with van der Waals surface area (Å²) in [6, 6.07) is 15.8. The largest absolute Gasteiger partial charge is 0.342 e. The summed E-state index contributed by atoms with van der Waals surface area (Å²) in [5.41, 5.74) is 1.15. The summed E-state index contributed by atoms with van der Waals surface area (Å²) in [6.45, 7) is 3.98. The molecule has 0 bridgehead atoms. The topological polar surface area (TPSA) is 88.9 Å². The van der Waals surface area contributed by atoms with Crippen LogP contribution in [0.25, 0.3) is 0 Å². The molecular formula is C22H24ClN5O2S. The second-order valence-electron chi connectivity index (χ2n) is 7.28. The van der Waals surface area contributed by atoms with Crippen molar-refractivity contribution in [3.8, 4) is 0 Å². The van der Waals surface area contributed by atoms with Crippen LogP contribution in [0.3, 0.4) is 0 Å². The molecular weight excluding hydrogens is 434 g/mol. The van der Waals surface area contributed by atoms with E-state index >= 15 is 0 Å². The molecule has 31 heavy (non-hydrogen) atoms. The average molecular weight is 458 g/mol. The fourth-order valence-corrected chi connectivity index (χ4v) is 3.90. The standard InChI is InChI=1S/C22H24ClN5O2S/c1-14(2)19(25-21(30)16-11-7-8-12-17(16)23)20-26-27-22(28(20)3)31-13-18(29)24-15-9-5-4-6-10-15/h4-12,14,19H,13H2,1-3H3,(H,24,29)(H,25,30)/t19-/m1/s1. The molecule has 9 heteroatoms. The second-order valence-corrected chi connectivity index (χ2v) is 8.63. The normalized spacial score (nSPS) is 11.9. The van der Waals surface area contributed by atoms with Gasteiger partial charge in [-0.1, -0.05) is 67.5 Å². The first-order valence-corrected chi connectivity index (χ1v) is 11.2. The van der Waals surface area contributed by atoms with Crippen LogP contribution in [0, 0.1) is 5.92 Å². The van der Waals surface area contributed by atoms with Crippen LogP contribution >= 0.6 is 23.4 Å². The monoisotopic (exact) mass is 457 g/mol. The number of thioether (sulfide) groups is 1. The molecule has 7 nitrogen and oxygen atoms in total. The second kappa shape index (κ2) is 10.5. The minimum absolute atomic E-state index is 0.0635. The number of hydrogen-bond donors (Lipinski definition) is 2. The molecule has 0 aliphatic heterocycles. The van der Waals surface area contributed by atoms with Crippen molar-refractivity contribution in [3.63, 3.8) is 0 Å². The molecule has 0 radical (unpaired) electrons. The number of carbonyl (C=O) groups excluding carboxylic acids is 2. The Labute approximate surface area is 190 Å². The lowest BCUT2D eigenvalue weighted by molar-refractivity contribution is -0.113. The van der Waals surface area contributed by atoms with Gasteiger partial charge in [-0.15, -0.1) is 10.2 Å². The molecule has 0 spiro atoms. The molecule has 0 saturated carbocycles.